The normalized spacial score (nSPS) is 10.7. The predicted molar refractivity (Wildman–Crippen MR) is 85.6 cm³/mol. The molecule has 3 N–H and O–H groups in total. The summed E-state index contributed by atoms with van der Waals surface area (Å²) in [5.74, 6) is 1.62. The number of nitrogens with zero attached hydrogens (tertiary/aromatic N) is 2. The largest absolute Gasteiger partial charge is 0.492 e. The first-order valence-electron chi connectivity index (χ1n) is 6.88. The first-order chi connectivity index (χ1) is 10.2. The van der Waals surface area contributed by atoms with Crippen LogP contribution in [0.15, 0.2) is 48.5 Å². The summed E-state index contributed by atoms with van der Waals surface area (Å²) in [6.07, 6.45) is 0. The highest BCUT2D eigenvalue weighted by Crippen LogP contribution is 2.17. The van der Waals surface area contributed by atoms with Gasteiger partial charge in [0.05, 0.1) is 17.6 Å². The van der Waals surface area contributed by atoms with Gasteiger partial charge in [-0.2, -0.15) is 0 Å². The number of nitrogen functional groups attached to an aromatic ring is 1. The molecule has 0 spiro atoms. The van der Waals surface area contributed by atoms with Gasteiger partial charge in [0, 0.05) is 18.8 Å². The van der Waals surface area contributed by atoms with Gasteiger partial charge in [0.2, 0.25) is 5.95 Å². The van der Waals surface area contributed by atoms with E-state index in [2.05, 4.69) is 16.4 Å². The first-order valence-corrected chi connectivity index (χ1v) is 6.88. The third-order valence-electron chi connectivity index (χ3n) is 3.30. The average Bonchev–Trinajstić information content (AvgIpc) is 2.81. The Morgan fingerprint density at radius 2 is 2.05 bits per heavy atom. The van der Waals surface area contributed by atoms with E-state index in [1.165, 1.54) is 0 Å². The Morgan fingerprint density at radius 1 is 1.19 bits per heavy atom. The third kappa shape index (κ3) is 2.91. The van der Waals surface area contributed by atoms with E-state index < -0.39 is 0 Å². The van der Waals surface area contributed by atoms with Gasteiger partial charge in [0.15, 0.2) is 0 Å². The second-order valence-electron chi connectivity index (χ2n) is 4.83. The topological polar surface area (TPSA) is 65.1 Å². The zero-order chi connectivity index (χ0) is 14.7. The number of nitrogens with two attached hydrogens (primary N) is 1. The average molecular weight is 282 g/mol. The first kappa shape index (κ1) is 13.3. The highest BCUT2D eigenvalue weighted by atomic mass is 16.5. The SMILES string of the molecule is Cn1c(NCCOc2cccc(N)c2)nc2ccccc21. The molecular formula is C16H18N4O. The molecule has 5 nitrogen and oxygen atoms in total. The molecule has 2 aromatic carbocycles. The molecule has 0 aliphatic rings. The van der Waals surface area contributed by atoms with Crippen LogP contribution in [-0.2, 0) is 7.05 Å². The van der Waals surface area contributed by atoms with Crippen LogP contribution in [0.1, 0.15) is 0 Å². The molecule has 0 saturated carbocycles. The number of rotatable bonds is 5. The Balaban J connectivity index is 1.58. The molecule has 3 aromatic rings. The van der Waals surface area contributed by atoms with Crippen molar-refractivity contribution < 1.29 is 4.74 Å². The summed E-state index contributed by atoms with van der Waals surface area (Å²) >= 11 is 0. The van der Waals surface area contributed by atoms with Crippen LogP contribution < -0.4 is 15.8 Å². The van der Waals surface area contributed by atoms with Crippen molar-refractivity contribution in [2.45, 2.75) is 0 Å². The number of para-hydroxylation sites is 2. The number of aryl methyl sites for hydroxylation is 1. The Bertz CT molecular complexity index is 751. The lowest BCUT2D eigenvalue weighted by atomic mass is 10.3. The lowest BCUT2D eigenvalue weighted by Gasteiger charge is -2.08. The summed E-state index contributed by atoms with van der Waals surface area (Å²) in [4.78, 5) is 4.55. The van der Waals surface area contributed by atoms with E-state index in [1.54, 1.807) is 0 Å². The van der Waals surface area contributed by atoms with Crippen molar-refractivity contribution in [3.05, 3.63) is 48.5 Å². The second kappa shape index (κ2) is 5.75. The number of aromatic nitrogens is 2. The molecule has 0 radical (unpaired) electrons. The van der Waals surface area contributed by atoms with Crippen molar-refractivity contribution in [2.24, 2.45) is 7.05 Å². The van der Waals surface area contributed by atoms with Gasteiger partial charge in [-0.05, 0) is 24.3 Å². The van der Waals surface area contributed by atoms with Crippen LogP contribution in [0.4, 0.5) is 11.6 Å². The van der Waals surface area contributed by atoms with Crippen molar-refractivity contribution in [2.75, 3.05) is 24.2 Å². The third-order valence-corrected chi connectivity index (χ3v) is 3.30. The van der Waals surface area contributed by atoms with Gasteiger partial charge in [-0.3, -0.25) is 0 Å². The monoisotopic (exact) mass is 282 g/mol. The van der Waals surface area contributed by atoms with Crippen molar-refractivity contribution in [1.29, 1.82) is 0 Å². The molecule has 3 rings (SSSR count). The van der Waals surface area contributed by atoms with Crippen molar-refractivity contribution in [1.82, 2.24) is 9.55 Å². The second-order valence-corrected chi connectivity index (χ2v) is 4.83. The molecule has 0 aliphatic heterocycles. The fraction of sp³-hybridized carbons (Fsp3) is 0.188. The van der Waals surface area contributed by atoms with E-state index >= 15 is 0 Å². The van der Waals surface area contributed by atoms with E-state index in [4.69, 9.17) is 10.5 Å². The molecule has 0 saturated heterocycles. The van der Waals surface area contributed by atoms with E-state index in [0.717, 1.165) is 22.7 Å². The molecule has 1 aromatic heterocycles. The zero-order valence-corrected chi connectivity index (χ0v) is 11.9. The standard InChI is InChI=1S/C16H18N4O/c1-20-15-8-3-2-7-14(15)19-16(20)18-9-10-21-13-6-4-5-12(17)11-13/h2-8,11H,9-10,17H2,1H3,(H,18,19). The smallest absolute Gasteiger partial charge is 0.203 e. The maximum atomic E-state index is 5.71. The lowest BCUT2D eigenvalue weighted by Crippen LogP contribution is -2.14. The van der Waals surface area contributed by atoms with Gasteiger partial charge in [0.1, 0.15) is 12.4 Å². The molecule has 21 heavy (non-hydrogen) atoms. The molecule has 0 amide bonds. The molecule has 0 bridgehead atoms. The summed E-state index contributed by atoms with van der Waals surface area (Å²) in [5, 5.41) is 3.28. The van der Waals surface area contributed by atoms with E-state index in [-0.39, 0.29) is 0 Å². The Hall–Kier alpha value is -2.69. The maximum absolute atomic E-state index is 5.71. The van der Waals surface area contributed by atoms with Gasteiger partial charge in [-0.25, -0.2) is 4.98 Å². The zero-order valence-electron chi connectivity index (χ0n) is 11.9. The Labute approximate surface area is 123 Å². The number of ether oxygens (including phenoxy) is 1. The molecule has 5 heteroatoms. The van der Waals surface area contributed by atoms with Crippen molar-refractivity contribution in [3.63, 3.8) is 0 Å². The summed E-state index contributed by atoms with van der Waals surface area (Å²) in [5.41, 5.74) is 8.51. The quantitative estimate of drug-likeness (QED) is 0.558. The van der Waals surface area contributed by atoms with Crippen LogP contribution in [0.5, 0.6) is 5.75 Å². The minimum Gasteiger partial charge on any atom is -0.492 e. The summed E-state index contributed by atoms with van der Waals surface area (Å²) in [6.45, 7) is 1.22. The van der Waals surface area contributed by atoms with Gasteiger partial charge in [-0.15, -0.1) is 0 Å². The molecule has 0 atom stereocenters. The van der Waals surface area contributed by atoms with Crippen LogP contribution in [0.25, 0.3) is 11.0 Å². The summed E-state index contributed by atoms with van der Waals surface area (Å²) < 4.78 is 7.68. The van der Waals surface area contributed by atoms with Gasteiger partial charge in [0.25, 0.3) is 0 Å². The highest BCUT2D eigenvalue weighted by Gasteiger charge is 2.05. The number of fused-ring (bicyclic) bond motifs is 1. The minimum atomic E-state index is 0.548. The lowest BCUT2D eigenvalue weighted by molar-refractivity contribution is 0.332. The highest BCUT2D eigenvalue weighted by molar-refractivity contribution is 5.78. The van der Waals surface area contributed by atoms with Crippen molar-refractivity contribution in [3.8, 4) is 5.75 Å². The van der Waals surface area contributed by atoms with Crippen LogP contribution in [0, 0.1) is 0 Å². The summed E-state index contributed by atoms with van der Waals surface area (Å²) in [7, 11) is 2.00. The Kier molecular flexibility index (Phi) is 3.64. The van der Waals surface area contributed by atoms with E-state index in [9.17, 15) is 0 Å². The van der Waals surface area contributed by atoms with Gasteiger partial charge in [-0.1, -0.05) is 18.2 Å². The number of benzene rings is 2. The van der Waals surface area contributed by atoms with Crippen LogP contribution in [0.2, 0.25) is 0 Å². The Morgan fingerprint density at radius 3 is 2.86 bits per heavy atom. The van der Waals surface area contributed by atoms with Crippen molar-refractivity contribution >= 4 is 22.7 Å². The minimum absolute atomic E-state index is 0.548. The fourth-order valence-corrected chi connectivity index (χ4v) is 2.24. The summed E-state index contributed by atoms with van der Waals surface area (Å²) in [6, 6.07) is 15.5. The molecule has 108 valence electrons. The maximum Gasteiger partial charge on any atom is 0.203 e. The van der Waals surface area contributed by atoms with E-state index in [0.29, 0.717) is 18.8 Å². The van der Waals surface area contributed by atoms with Crippen LogP contribution in [0.3, 0.4) is 0 Å². The van der Waals surface area contributed by atoms with E-state index in [1.807, 2.05) is 54.1 Å². The molecule has 0 aliphatic carbocycles. The molecule has 0 fully saturated rings. The number of imidazole rings is 1. The number of hydrogen-bond donors (Lipinski definition) is 2. The predicted octanol–water partition coefficient (Wildman–Crippen LogP) is 2.65. The fourth-order valence-electron chi connectivity index (χ4n) is 2.24. The molecular weight excluding hydrogens is 264 g/mol. The van der Waals surface area contributed by atoms with Gasteiger partial charge >= 0.3 is 0 Å². The van der Waals surface area contributed by atoms with Crippen LogP contribution in [-0.4, -0.2) is 22.7 Å². The molecule has 0 unspecified atom stereocenters. The molecule has 1 heterocycles. The van der Waals surface area contributed by atoms with Crippen LogP contribution >= 0.6 is 0 Å². The number of nitrogens with one attached hydrogen (secondary N) is 1. The number of anilines is 2. The van der Waals surface area contributed by atoms with Gasteiger partial charge < -0.3 is 20.4 Å². The number of hydrogen-bond acceptors (Lipinski definition) is 4.